The molecule has 0 bridgehead atoms. The summed E-state index contributed by atoms with van der Waals surface area (Å²) in [5, 5.41) is 11.5. The summed E-state index contributed by atoms with van der Waals surface area (Å²) in [7, 11) is 1.56. The molecular weight excluding hydrogens is 348 g/mol. The summed E-state index contributed by atoms with van der Waals surface area (Å²) in [6.45, 7) is 3.59. The number of carbonyl (C=O) groups excluding carboxylic acids is 1. The van der Waals surface area contributed by atoms with E-state index in [9.17, 15) is 9.90 Å². The van der Waals surface area contributed by atoms with Gasteiger partial charge in [0.15, 0.2) is 0 Å². The number of thioether (sulfide) groups is 1. The van der Waals surface area contributed by atoms with Crippen molar-refractivity contribution >= 4 is 17.7 Å². The van der Waals surface area contributed by atoms with Crippen molar-refractivity contribution in [3.05, 3.63) is 35.4 Å². The van der Waals surface area contributed by atoms with E-state index in [1.807, 2.05) is 16.7 Å². The second-order valence-electron chi connectivity index (χ2n) is 7.60. The zero-order chi connectivity index (χ0) is 18.1. The quantitative estimate of drug-likeness (QED) is 0.870. The summed E-state index contributed by atoms with van der Waals surface area (Å²) >= 11 is 2.00. The van der Waals surface area contributed by atoms with Crippen LogP contribution in [0, 0.1) is 0 Å². The maximum absolute atomic E-state index is 12.2. The Labute approximate surface area is 159 Å². The minimum Gasteiger partial charge on any atom is -0.390 e. The molecule has 26 heavy (non-hydrogen) atoms. The second kappa shape index (κ2) is 7.50. The molecule has 2 fully saturated rings. The Kier molecular flexibility index (Phi) is 5.28. The van der Waals surface area contributed by atoms with Crippen molar-refractivity contribution in [3.63, 3.8) is 0 Å². The fraction of sp³-hybridized carbons (Fsp3) is 0.650. The van der Waals surface area contributed by atoms with Crippen molar-refractivity contribution in [2.45, 2.75) is 30.4 Å². The molecule has 0 unspecified atom stereocenters. The molecular formula is C20H28N2O3S. The van der Waals surface area contributed by atoms with Crippen molar-refractivity contribution in [2.75, 3.05) is 51.4 Å². The van der Waals surface area contributed by atoms with E-state index in [1.165, 1.54) is 11.1 Å². The van der Waals surface area contributed by atoms with Crippen molar-refractivity contribution in [1.29, 1.82) is 0 Å². The van der Waals surface area contributed by atoms with Gasteiger partial charge in [0.1, 0.15) is 6.61 Å². The molecule has 6 heteroatoms. The first-order valence-corrected chi connectivity index (χ1v) is 10.7. The van der Waals surface area contributed by atoms with Gasteiger partial charge in [-0.25, -0.2) is 0 Å². The van der Waals surface area contributed by atoms with Crippen molar-refractivity contribution < 1.29 is 14.6 Å². The first-order chi connectivity index (χ1) is 12.7. The van der Waals surface area contributed by atoms with Crippen LogP contribution in [-0.4, -0.2) is 78.3 Å². The van der Waals surface area contributed by atoms with E-state index in [0.29, 0.717) is 13.1 Å². The maximum Gasteiger partial charge on any atom is 0.248 e. The molecule has 5 nitrogen and oxygen atoms in total. The Morgan fingerprint density at radius 1 is 1.23 bits per heavy atom. The average Bonchev–Trinajstić information content (AvgIpc) is 2.92. The number of ether oxygens (including phenoxy) is 1. The van der Waals surface area contributed by atoms with Crippen LogP contribution in [0.5, 0.6) is 0 Å². The van der Waals surface area contributed by atoms with Crippen LogP contribution in [-0.2, 0) is 14.9 Å². The van der Waals surface area contributed by atoms with Crippen LogP contribution in [0.2, 0.25) is 0 Å². The van der Waals surface area contributed by atoms with Crippen LogP contribution in [0.3, 0.4) is 0 Å². The lowest BCUT2D eigenvalue weighted by atomic mass is 9.72. The van der Waals surface area contributed by atoms with Crippen LogP contribution >= 0.6 is 11.8 Å². The van der Waals surface area contributed by atoms with Crippen molar-refractivity contribution in [1.82, 2.24) is 9.80 Å². The standard InChI is InChI=1S/C20H28N2O3S/c1-25-14-17(23)21-8-6-20(7-9-21)16-5-3-2-4-15(16)18(19(20)24)22-10-12-26-13-11-22/h2-5,18-19,24H,6-14H2,1H3/t18-,19+/m1/s1. The van der Waals surface area contributed by atoms with Crippen molar-refractivity contribution in [2.24, 2.45) is 0 Å². The smallest absolute Gasteiger partial charge is 0.248 e. The molecule has 1 spiro atoms. The van der Waals surface area contributed by atoms with Crippen LogP contribution in [0.1, 0.15) is 30.0 Å². The molecule has 2 aliphatic heterocycles. The van der Waals surface area contributed by atoms with Gasteiger partial charge in [0.2, 0.25) is 5.91 Å². The van der Waals surface area contributed by atoms with E-state index in [4.69, 9.17) is 4.74 Å². The van der Waals surface area contributed by atoms with E-state index < -0.39 is 6.10 Å². The Balaban J connectivity index is 1.60. The Morgan fingerprint density at radius 2 is 1.92 bits per heavy atom. The fourth-order valence-corrected chi connectivity index (χ4v) is 5.96. The molecule has 1 aromatic rings. The average molecular weight is 377 g/mol. The van der Waals surface area contributed by atoms with Gasteiger partial charge < -0.3 is 14.7 Å². The molecule has 3 aliphatic rings. The van der Waals surface area contributed by atoms with Crippen LogP contribution in [0.25, 0.3) is 0 Å². The zero-order valence-corrected chi connectivity index (χ0v) is 16.2. The number of piperidine rings is 1. The Morgan fingerprint density at radius 3 is 2.62 bits per heavy atom. The van der Waals surface area contributed by atoms with Gasteiger partial charge in [0.05, 0.1) is 12.1 Å². The molecule has 2 saturated heterocycles. The molecule has 0 saturated carbocycles. The fourth-order valence-electron chi connectivity index (χ4n) is 5.03. The summed E-state index contributed by atoms with van der Waals surface area (Å²) in [5.74, 6) is 2.32. The minimum atomic E-state index is -0.400. The SMILES string of the molecule is COCC(=O)N1CCC2(CC1)c1ccccc1[C@@H](N1CCSCC1)[C@@H]2O. The summed E-state index contributed by atoms with van der Waals surface area (Å²) < 4.78 is 5.00. The highest BCUT2D eigenvalue weighted by Crippen LogP contribution is 2.53. The monoisotopic (exact) mass is 376 g/mol. The first-order valence-electron chi connectivity index (χ1n) is 9.53. The van der Waals surface area contributed by atoms with Gasteiger partial charge in [0.25, 0.3) is 0 Å². The number of likely N-dealkylation sites (tertiary alicyclic amines) is 1. The van der Waals surface area contributed by atoms with Crippen LogP contribution in [0.15, 0.2) is 24.3 Å². The molecule has 4 rings (SSSR count). The number of hydrogen-bond acceptors (Lipinski definition) is 5. The first kappa shape index (κ1) is 18.3. The molecule has 1 aliphatic carbocycles. The van der Waals surface area contributed by atoms with E-state index >= 15 is 0 Å². The lowest BCUT2D eigenvalue weighted by Crippen LogP contribution is -2.52. The molecule has 2 atom stereocenters. The number of aliphatic hydroxyl groups is 1. The van der Waals surface area contributed by atoms with Gasteiger partial charge >= 0.3 is 0 Å². The molecule has 1 N–H and O–H groups in total. The second-order valence-corrected chi connectivity index (χ2v) is 8.82. The highest BCUT2D eigenvalue weighted by atomic mass is 32.2. The van der Waals surface area contributed by atoms with Crippen molar-refractivity contribution in [3.8, 4) is 0 Å². The third-order valence-corrected chi connectivity index (χ3v) is 7.34. The van der Waals surface area contributed by atoms with E-state index in [0.717, 1.165) is 37.4 Å². The Bertz CT molecular complexity index is 654. The molecule has 0 radical (unpaired) electrons. The zero-order valence-electron chi connectivity index (χ0n) is 15.4. The number of rotatable bonds is 3. The predicted molar refractivity (Wildman–Crippen MR) is 103 cm³/mol. The van der Waals surface area contributed by atoms with Crippen LogP contribution in [0.4, 0.5) is 0 Å². The highest BCUT2D eigenvalue weighted by Gasteiger charge is 2.54. The van der Waals surface area contributed by atoms with E-state index in [-0.39, 0.29) is 24.0 Å². The number of nitrogens with zero attached hydrogens (tertiary/aromatic N) is 2. The highest BCUT2D eigenvalue weighted by molar-refractivity contribution is 7.99. The summed E-state index contributed by atoms with van der Waals surface area (Å²) in [6.07, 6.45) is 1.24. The topological polar surface area (TPSA) is 53.0 Å². The number of fused-ring (bicyclic) bond motifs is 2. The normalized spacial score (nSPS) is 28.3. The summed E-state index contributed by atoms with van der Waals surface area (Å²) in [6, 6.07) is 8.66. The number of amides is 1. The van der Waals surface area contributed by atoms with Gasteiger partial charge in [-0.05, 0) is 24.0 Å². The van der Waals surface area contributed by atoms with E-state index in [1.54, 1.807) is 7.11 Å². The Hall–Kier alpha value is -1.08. The number of carbonyl (C=O) groups is 1. The maximum atomic E-state index is 12.2. The molecule has 1 aromatic carbocycles. The minimum absolute atomic E-state index is 0.0488. The number of methoxy groups -OCH3 is 1. The van der Waals surface area contributed by atoms with Gasteiger partial charge in [-0.1, -0.05) is 24.3 Å². The number of benzene rings is 1. The molecule has 1 amide bonds. The summed E-state index contributed by atoms with van der Waals surface area (Å²) in [4.78, 5) is 16.5. The predicted octanol–water partition coefficient (Wildman–Crippen LogP) is 1.66. The lowest BCUT2D eigenvalue weighted by Gasteiger charge is -2.44. The third kappa shape index (κ3) is 2.97. The number of hydrogen-bond donors (Lipinski definition) is 1. The van der Waals surface area contributed by atoms with E-state index in [2.05, 4.69) is 29.2 Å². The molecule has 142 valence electrons. The van der Waals surface area contributed by atoms with Crippen LogP contribution < -0.4 is 0 Å². The number of aliphatic hydroxyl groups excluding tert-OH is 1. The van der Waals surface area contributed by atoms with Gasteiger partial charge in [-0.3, -0.25) is 9.69 Å². The van der Waals surface area contributed by atoms with Gasteiger partial charge in [0, 0.05) is 50.2 Å². The molecule has 2 heterocycles. The summed E-state index contributed by atoms with van der Waals surface area (Å²) in [5.41, 5.74) is 2.37. The third-order valence-electron chi connectivity index (χ3n) is 6.40. The van der Waals surface area contributed by atoms with Gasteiger partial charge in [-0.2, -0.15) is 11.8 Å². The largest absolute Gasteiger partial charge is 0.390 e. The lowest BCUT2D eigenvalue weighted by molar-refractivity contribution is -0.137. The molecule has 0 aromatic heterocycles. The van der Waals surface area contributed by atoms with Gasteiger partial charge in [-0.15, -0.1) is 0 Å².